The van der Waals surface area contributed by atoms with Gasteiger partial charge in [0.15, 0.2) is 11.5 Å². The number of nitrogens with one attached hydrogen (secondary N) is 1. The van der Waals surface area contributed by atoms with E-state index >= 15 is 0 Å². The average molecular weight is 587 g/mol. The van der Waals surface area contributed by atoms with Crippen LogP contribution >= 0.6 is 55.1 Å². The molecule has 5 nitrogen and oxygen atoms in total. The SMILES string of the molecule is COc1cc(/C=N\NC(=O)c2ccccc2)c(Br)c(Br)c1OCc1ccc(Cl)c(Cl)c1. The number of carbonyl (C=O) groups excluding carboxylic acids is 1. The predicted molar refractivity (Wildman–Crippen MR) is 131 cm³/mol. The molecule has 3 aromatic rings. The van der Waals surface area contributed by atoms with Crippen molar-refractivity contribution < 1.29 is 14.3 Å². The van der Waals surface area contributed by atoms with E-state index in [1.165, 1.54) is 6.21 Å². The Morgan fingerprint density at radius 2 is 1.81 bits per heavy atom. The Bertz CT molecular complexity index is 1130. The maximum absolute atomic E-state index is 12.1. The van der Waals surface area contributed by atoms with Crippen LogP contribution in [-0.4, -0.2) is 19.2 Å². The summed E-state index contributed by atoms with van der Waals surface area (Å²) in [7, 11) is 1.54. The summed E-state index contributed by atoms with van der Waals surface area (Å²) in [4.78, 5) is 12.1. The van der Waals surface area contributed by atoms with Gasteiger partial charge in [-0.1, -0.05) is 47.5 Å². The van der Waals surface area contributed by atoms with Gasteiger partial charge in [0.1, 0.15) is 6.61 Å². The molecule has 3 rings (SSSR count). The van der Waals surface area contributed by atoms with Crippen molar-refractivity contribution >= 4 is 67.2 Å². The first-order chi connectivity index (χ1) is 14.9. The maximum atomic E-state index is 12.1. The van der Waals surface area contributed by atoms with Crippen LogP contribution in [0.1, 0.15) is 21.5 Å². The number of hydrogen-bond donors (Lipinski definition) is 1. The summed E-state index contributed by atoms with van der Waals surface area (Å²) < 4.78 is 12.8. The molecule has 0 radical (unpaired) electrons. The van der Waals surface area contributed by atoms with Gasteiger partial charge in [-0.05, 0) is 67.8 Å². The summed E-state index contributed by atoms with van der Waals surface area (Å²) in [6, 6.07) is 15.9. The standard InChI is InChI=1S/C22H16Br2Cl2N2O3/c1-30-18-10-15(11-27-28-22(29)14-5-3-2-4-6-14)19(23)20(24)21(18)31-12-13-7-8-16(25)17(26)9-13/h2-11H,12H2,1H3,(H,28,29)/b27-11-. The van der Waals surface area contributed by atoms with Crippen LogP contribution in [-0.2, 0) is 6.61 Å². The topological polar surface area (TPSA) is 59.9 Å². The number of ether oxygens (including phenoxy) is 2. The molecule has 0 fully saturated rings. The monoisotopic (exact) mass is 584 g/mol. The third-order valence-electron chi connectivity index (χ3n) is 4.15. The van der Waals surface area contributed by atoms with Crippen LogP contribution in [0.2, 0.25) is 10.0 Å². The first kappa shape index (κ1) is 23.6. The second-order valence-electron chi connectivity index (χ2n) is 6.23. The van der Waals surface area contributed by atoms with E-state index in [4.69, 9.17) is 32.7 Å². The smallest absolute Gasteiger partial charge is 0.271 e. The molecule has 0 spiro atoms. The highest BCUT2D eigenvalue weighted by molar-refractivity contribution is 9.13. The zero-order valence-corrected chi connectivity index (χ0v) is 20.8. The Kier molecular flexibility index (Phi) is 8.37. The van der Waals surface area contributed by atoms with Crippen LogP contribution in [0.3, 0.4) is 0 Å². The van der Waals surface area contributed by atoms with Crippen molar-refractivity contribution in [3.8, 4) is 11.5 Å². The Morgan fingerprint density at radius 3 is 2.48 bits per heavy atom. The van der Waals surface area contributed by atoms with Gasteiger partial charge in [0.2, 0.25) is 0 Å². The van der Waals surface area contributed by atoms with Gasteiger partial charge in [-0.25, -0.2) is 5.43 Å². The molecule has 31 heavy (non-hydrogen) atoms. The second kappa shape index (κ2) is 11.0. The van der Waals surface area contributed by atoms with Gasteiger partial charge < -0.3 is 9.47 Å². The minimum Gasteiger partial charge on any atom is -0.493 e. The van der Waals surface area contributed by atoms with Crippen LogP contribution in [0.4, 0.5) is 0 Å². The third kappa shape index (κ3) is 6.01. The van der Waals surface area contributed by atoms with E-state index in [1.54, 1.807) is 49.6 Å². The van der Waals surface area contributed by atoms with Crippen molar-refractivity contribution in [1.82, 2.24) is 5.43 Å². The molecule has 0 unspecified atom stereocenters. The van der Waals surface area contributed by atoms with Gasteiger partial charge >= 0.3 is 0 Å². The molecule has 0 aliphatic carbocycles. The van der Waals surface area contributed by atoms with E-state index in [-0.39, 0.29) is 12.5 Å². The first-order valence-corrected chi connectivity index (χ1v) is 11.3. The molecule has 0 saturated carbocycles. The number of hydrogen-bond acceptors (Lipinski definition) is 4. The Hall–Kier alpha value is -2.06. The average Bonchev–Trinajstić information content (AvgIpc) is 2.78. The Balaban J connectivity index is 1.77. The zero-order chi connectivity index (χ0) is 22.4. The molecular weight excluding hydrogens is 571 g/mol. The van der Waals surface area contributed by atoms with Crippen LogP contribution < -0.4 is 14.9 Å². The molecule has 1 amide bonds. The van der Waals surface area contributed by atoms with Gasteiger partial charge in [0.05, 0.1) is 27.8 Å². The van der Waals surface area contributed by atoms with Gasteiger partial charge in [-0.15, -0.1) is 0 Å². The molecule has 0 aliphatic rings. The number of benzene rings is 3. The third-order valence-corrected chi connectivity index (χ3v) is 7.03. The van der Waals surface area contributed by atoms with Crippen LogP contribution in [0.25, 0.3) is 0 Å². The molecule has 0 saturated heterocycles. The van der Waals surface area contributed by atoms with E-state index in [2.05, 4.69) is 42.4 Å². The first-order valence-electron chi connectivity index (χ1n) is 8.92. The summed E-state index contributed by atoms with van der Waals surface area (Å²) in [6.07, 6.45) is 1.51. The number of amides is 1. The van der Waals surface area contributed by atoms with Gasteiger partial charge in [-0.2, -0.15) is 5.10 Å². The quantitative estimate of drug-likeness (QED) is 0.243. The minimum absolute atomic E-state index is 0.263. The summed E-state index contributed by atoms with van der Waals surface area (Å²) in [5.74, 6) is 0.692. The van der Waals surface area contributed by atoms with Crippen molar-refractivity contribution in [3.63, 3.8) is 0 Å². The number of carbonyl (C=O) groups is 1. The fraction of sp³-hybridized carbons (Fsp3) is 0.0909. The van der Waals surface area contributed by atoms with E-state index in [1.807, 2.05) is 12.1 Å². The van der Waals surface area contributed by atoms with Crippen molar-refractivity contribution in [3.05, 3.63) is 90.3 Å². The predicted octanol–water partition coefficient (Wildman–Crippen LogP) is 6.87. The molecule has 0 aromatic heterocycles. The number of halogens is 4. The van der Waals surface area contributed by atoms with Gasteiger partial charge in [-0.3, -0.25) is 4.79 Å². The number of rotatable bonds is 7. The van der Waals surface area contributed by atoms with Crippen molar-refractivity contribution in [1.29, 1.82) is 0 Å². The number of hydrazone groups is 1. The maximum Gasteiger partial charge on any atom is 0.271 e. The lowest BCUT2D eigenvalue weighted by Crippen LogP contribution is -2.17. The summed E-state index contributed by atoms with van der Waals surface area (Å²) in [6.45, 7) is 0.263. The Labute approximate surface area is 206 Å². The summed E-state index contributed by atoms with van der Waals surface area (Å²) >= 11 is 19.1. The van der Waals surface area contributed by atoms with Gasteiger partial charge in [0, 0.05) is 15.6 Å². The minimum atomic E-state index is -0.305. The summed E-state index contributed by atoms with van der Waals surface area (Å²) in [5, 5.41) is 4.98. The second-order valence-corrected chi connectivity index (χ2v) is 8.63. The van der Waals surface area contributed by atoms with E-state index in [0.29, 0.717) is 41.6 Å². The van der Waals surface area contributed by atoms with E-state index in [9.17, 15) is 4.79 Å². The number of nitrogens with zero attached hydrogens (tertiary/aromatic N) is 1. The van der Waals surface area contributed by atoms with Gasteiger partial charge in [0.25, 0.3) is 5.91 Å². The molecule has 3 aromatic carbocycles. The van der Waals surface area contributed by atoms with E-state index < -0.39 is 0 Å². The zero-order valence-electron chi connectivity index (χ0n) is 16.2. The highest BCUT2D eigenvalue weighted by Gasteiger charge is 2.17. The van der Waals surface area contributed by atoms with Crippen LogP contribution in [0.15, 0.2) is 68.6 Å². The lowest BCUT2D eigenvalue weighted by Gasteiger charge is -2.15. The highest BCUT2D eigenvalue weighted by atomic mass is 79.9. The van der Waals surface area contributed by atoms with Crippen LogP contribution in [0.5, 0.6) is 11.5 Å². The fourth-order valence-electron chi connectivity index (χ4n) is 2.58. The van der Waals surface area contributed by atoms with E-state index in [0.717, 1.165) is 5.56 Å². The molecular formula is C22H16Br2Cl2N2O3. The molecule has 0 aliphatic heterocycles. The molecule has 0 atom stereocenters. The van der Waals surface area contributed by atoms with Crippen LogP contribution in [0, 0.1) is 0 Å². The summed E-state index contributed by atoms with van der Waals surface area (Å²) in [5.41, 5.74) is 4.55. The van der Waals surface area contributed by atoms with Crippen molar-refractivity contribution in [2.45, 2.75) is 6.61 Å². The van der Waals surface area contributed by atoms with Crippen molar-refractivity contribution in [2.24, 2.45) is 5.10 Å². The Morgan fingerprint density at radius 1 is 1.06 bits per heavy atom. The highest BCUT2D eigenvalue weighted by Crippen LogP contribution is 2.42. The van der Waals surface area contributed by atoms with Crippen molar-refractivity contribution in [2.75, 3.05) is 7.11 Å². The molecule has 0 heterocycles. The lowest BCUT2D eigenvalue weighted by atomic mass is 10.2. The molecule has 1 N–H and O–H groups in total. The lowest BCUT2D eigenvalue weighted by molar-refractivity contribution is 0.0955. The molecule has 160 valence electrons. The normalized spacial score (nSPS) is 10.9. The molecule has 9 heteroatoms. The number of methoxy groups -OCH3 is 1. The fourth-order valence-corrected chi connectivity index (χ4v) is 3.84. The largest absolute Gasteiger partial charge is 0.493 e. The molecule has 0 bridgehead atoms.